The zero-order valence-corrected chi connectivity index (χ0v) is 12.7. The lowest BCUT2D eigenvalue weighted by Crippen LogP contribution is -2.49. The minimum Gasteiger partial charge on any atom is -0.493 e. The molecule has 106 valence electrons. The molecular formula is C16H25NO2. The molecule has 19 heavy (non-hydrogen) atoms. The molecule has 1 N–H and O–H groups in total. The van der Waals surface area contributed by atoms with Gasteiger partial charge < -0.3 is 14.8 Å². The van der Waals surface area contributed by atoms with Crippen LogP contribution in [0.1, 0.15) is 32.8 Å². The van der Waals surface area contributed by atoms with E-state index in [9.17, 15) is 0 Å². The van der Waals surface area contributed by atoms with Crippen LogP contribution in [0, 0.1) is 5.41 Å². The molecule has 0 aliphatic carbocycles. The molecule has 3 heteroatoms. The van der Waals surface area contributed by atoms with Crippen LogP contribution in [-0.4, -0.2) is 27.3 Å². The summed E-state index contributed by atoms with van der Waals surface area (Å²) >= 11 is 0. The Morgan fingerprint density at radius 2 is 1.68 bits per heavy atom. The first-order chi connectivity index (χ1) is 8.90. The molecule has 1 heterocycles. The van der Waals surface area contributed by atoms with E-state index >= 15 is 0 Å². The van der Waals surface area contributed by atoms with E-state index in [2.05, 4.69) is 38.2 Å². The fourth-order valence-electron chi connectivity index (χ4n) is 3.27. The number of ether oxygens (including phenoxy) is 2. The van der Waals surface area contributed by atoms with Gasteiger partial charge in [-0.1, -0.05) is 26.8 Å². The SMILES string of the molecule is COc1ccc(C2(C)CNCC(C)(C)C2)cc1OC. The molecule has 2 rings (SSSR count). The van der Waals surface area contributed by atoms with Crippen LogP contribution >= 0.6 is 0 Å². The Morgan fingerprint density at radius 3 is 2.26 bits per heavy atom. The summed E-state index contributed by atoms with van der Waals surface area (Å²) in [5.74, 6) is 1.60. The monoisotopic (exact) mass is 263 g/mol. The number of benzene rings is 1. The lowest BCUT2D eigenvalue weighted by molar-refractivity contribution is 0.179. The molecule has 3 nitrogen and oxygen atoms in total. The van der Waals surface area contributed by atoms with Crippen molar-refractivity contribution in [1.29, 1.82) is 0 Å². The maximum atomic E-state index is 5.42. The van der Waals surface area contributed by atoms with Crippen molar-refractivity contribution < 1.29 is 9.47 Å². The van der Waals surface area contributed by atoms with Crippen molar-refractivity contribution in [3.8, 4) is 11.5 Å². The van der Waals surface area contributed by atoms with Gasteiger partial charge in [-0.2, -0.15) is 0 Å². The fraction of sp³-hybridized carbons (Fsp3) is 0.625. The summed E-state index contributed by atoms with van der Waals surface area (Å²) in [6, 6.07) is 6.27. The smallest absolute Gasteiger partial charge is 0.161 e. The normalized spacial score (nSPS) is 25.9. The van der Waals surface area contributed by atoms with Crippen LogP contribution in [-0.2, 0) is 5.41 Å². The quantitative estimate of drug-likeness (QED) is 0.909. The highest BCUT2D eigenvalue weighted by molar-refractivity contribution is 5.45. The van der Waals surface area contributed by atoms with Crippen LogP contribution in [0.15, 0.2) is 18.2 Å². The molecule has 0 spiro atoms. The van der Waals surface area contributed by atoms with Gasteiger partial charge in [-0.05, 0) is 29.5 Å². The molecule has 0 radical (unpaired) electrons. The molecular weight excluding hydrogens is 238 g/mol. The van der Waals surface area contributed by atoms with Gasteiger partial charge in [0.25, 0.3) is 0 Å². The molecule has 1 atom stereocenters. The Labute approximate surface area is 116 Å². The third-order valence-corrected chi connectivity index (χ3v) is 4.07. The maximum absolute atomic E-state index is 5.42. The summed E-state index contributed by atoms with van der Waals surface area (Å²) in [4.78, 5) is 0. The molecule has 1 aromatic carbocycles. The van der Waals surface area contributed by atoms with Crippen molar-refractivity contribution >= 4 is 0 Å². The topological polar surface area (TPSA) is 30.5 Å². The Kier molecular flexibility index (Phi) is 3.77. The Morgan fingerprint density at radius 1 is 1.00 bits per heavy atom. The van der Waals surface area contributed by atoms with Gasteiger partial charge in [-0.25, -0.2) is 0 Å². The number of nitrogens with one attached hydrogen (secondary N) is 1. The number of hydrogen-bond donors (Lipinski definition) is 1. The Balaban J connectivity index is 2.35. The van der Waals surface area contributed by atoms with Gasteiger partial charge in [-0.3, -0.25) is 0 Å². The van der Waals surface area contributed by atoms with Crippen molar-refractivity contribution in [3.05, 3.63) is 23.8 Å². The van der Waals surface area contributed by atoms with Crippen LogP contribution in [0.4, 0.5) is 0 Å². The lowest BCUT2D eigenvalue weighted by Gasteiger charge is -2.43. The zero-order chi connectivity index (χ0) is 14.1. The van der Waals surface area contributed by atoms with Gasteiger partial charge in [0.2, 0.25) is 0 Å². The first-order valence-corrected chi connectivity index (χ1v) is 6.83. The van der Waals surface area contributed by atoms with Crippen molar-refractivity contribution in [2.24, 2.45) is 5.41 Å². The predicted molar refractivity (Wildman–Crippen MR) is 78.2 cm³/mol. The summed E-state index contributed by atoms with van der Waals surface area (Å²) in [5.41, 5.74) is 1.77. The van der Waals surface area contributed by atoms with E-state index < -0.39 is 0 Å². The molecule has 1 aliphatic heterocycles. The van der Waals surface area contributed by atoms with Crippen molar-refractivity contribution in [2.45, 2.75) is 32.6 Å². The van der Waals surface area contributed by atoms with Gasteiger partial charge in [0.1, 0.15) is 0 Å². The molecule has 0 amide bonds. The highest BCUT2D eigenvalue weighted by Gasteiger charge is 2.38. The molecule has 0 saturated carbocycles. The first kappa shape index (κ1) is 14.2. The standard InChI is InChI=1S/C16H25NO2/c1-15(2)9-16(3,11-17-10-15)12-6-7-13(18-4)14(8-12)19-5/h6-8,17H,9-11H2,1-5H3. The van der Waals surface area contributed by atoms with Gasteiger partial charge in [0.05, 0.1) is 14.2 Å². The maximum Gasteiger partial charge on any atom is 0.161 e. The number of piperidine rings is 1. The van der Waals surface area contributed by atoms with Crippen molar-refractivity contribution in [1.82, 2.24) is 5.32 Å². The number of methoxy groups -OCH3 is 2. The lowest BCUT2D eigenvalue weighted by atomic mass is 9.67. The minimum absolute atomic E-state index is 0.140. The summed E-state index contributed by atoms with van der Waals surface area (Å²) in [7, 11) is 3.36. The first-order valence-electron chi connectivity index (χ1n) is 6.83. The number of rotatable bonds is 3. The molecule has 1 fully saturated rings. The molecule has 0 aromatic heterocycles. The van der Waals surface area contributed by atoms with Crippen LogP contribution < -0.4 is 14.8 Å². The molecule has 1 saturated heterocycles. The van der Waals surface area contributed by atoms with Gasteiger partial charge in [0, 0.05) is 18.5 Å². The van der Waals surface area contributed by atoms with E-state index in [1.54, 1.807) is 14.2 Å². The van der Waals surface area contributed by atoms with Crippen molar-refractivity contribution in [2.75, 3.05) is 27.3 Å². The zero-order valence-electron chi connectivity index (χ0n) is 12.7. The largest absolute Gasteiger partial charge is 0.493 e. The van der Waals surface area contributed by atoms with E-state index in [0.29, 0.717) is 5.41 Å². The molecule has 1 aromatic rings. The third kappa shape index (κ3) is 2.86. The second-order valence-electron chi connectivity index (χ2n) is 6.57. The average Bonchev–Trinajstić information content (AvgIpc) is 2.36. The van der Waals surface area contributed by atoms with Crippen LogP contribution in [0.25, 0.3) is 0 Å². The van der Waals surface area contributed by atoms with Gasteiger partial charge in [0.15, 0.2) is 11.5 Å². The second kappa shape index (κ2) is 5.04. The van der Waals surface area contributed by atoms with E-state index in [0.717, 1.165) is 24.6 Å². The van der Waals surface area contributed by atoms with Gasteiger partial charge in [-0.15, -0.1) is 0 Å². The highest BCUT2D eigenvalue weighted by atomic mass is 16.5. The third-order valence-electron chi connectivity index (χ3n) is 4.07. The van der Waals surface area contributed by atoms with Crippen LogP contribution in [0.5, 0.6) is 11.5 Å². The van der Waals surface area contributed by atoms with Gasteiger partial charge >= 0.3 is 0 Å². The summed E-state index contributed by atoms with van der Waals surface area (Å²) in [6.07, 6.45) is 1.17. The summed E-state index contributed by atoms with van der Waals surface area (Å²) in [5, 5.41) is 3.56. The van der Waals surface area contributed by atoms with E-state index in [1.165, 1.54) is 12.0 Å². The van der Waals surface area contributed by atoms with E-state index in [-0.39, 0.29) is 5.41 Å². The van der Waals surface area contributed by atoms with Crippen LogP contribution in [0.2, 0.25) is 0 Å². The Bertz CT molecular complexity index is 456. The van der Waals surface area contributed by atoms with E-state index in [4.69, 9.17) is 9.47 Å². The molecule has 0 bridgehead atoms. The molecule has 1 unspecified atom stereocenters. The van der Waals surface area contributed by atoms with E-state index in [1.807, 2.05) is 6.07 Å². The predicted octanol–water partition coefficient (Wildman–Crippen LogP) is 2.98. The second-order valence-corrected chi connectivity index (χ2v) is 6.57. The minimum atomic E-state index is 0.140. The van der Waals surface area contributed by atoms with Crippen LogP contribution in [0.3, 0.4) is 0 Å². The fourth-order valence-corrected chi connectivity index (χ4v) is 3.27. The summed E-state index contributed by atoms with van der Waals surface area (Å²) in [6.45, 7) is 9.04. The van der Waals surface area contributed by atoms with Crippen molar-refractivity contribution in [3.63, 3.8) is 0 Å². The molecule has 1 aliphatic rings. The average molecular weight is 263 g/mol. The number of hydrogen-bond acceptors (Lipinski definition) is 3. The Hall–Kier alpha value is -1.22. The highest BCUT2D eigenvalue weighted by Crippen LogP contribution is 2.41. The summed E-state index contributed by atoms with van der Waals surface area (Å²) < 4.78 is 10.7.